The van der Waals surface area contributed by atoms with Gasteiger partial charge in [-0.25, -0.2) is 0 Å². The van der Waals surface area contributed by atoms with Crippen molar-refractivity contribution in [3.63, 3.8) is 0 Å². The molecule has 0 unspecified atom stereocenters. The fourth-order valence-electron chi connectivity index (χ4n) is 1.43. The van der Waals surface area contributed by atoms with E-state index in [1.807, 2.05) is 13.8 Å². The Morgan fingerprint density at radius 2 is 2.31 bits per heavy atom. The zero-order valence-corrected chi connectivity index (χ0v) is 11.7. The molecule has 0 aliphatic heterocycles. The summed E-state index contributed by atoms with van der Waals surface area (Å²) in [5, 5.41) is 1.04. The van der Waals surface area contributed by atoms with Gasteiger partial charge in [-0.15, -0.1) is 0 Å². The Morgan fingerprint density at radius 1 is 1.62 bits per heavy atom. The molecule has 90 valence electrons. The van der Waals surface area contributed by atoms with Gasteiger partial charge in [0.1, 0.15) is 0 Å². The van der Waals surface area contributed by atoms with Gasteiger partial charge >= 0.3 is 0 Å². The minimum Gasteiger partial charge on any atom is -0.452 e. The average Bonchev–Trinajstić information content (AvgIpc) is 2.64. The van der Waals surface area contributed by atoms with Gasteiger partial charge in [-0.1, -0.05) is 15.9 Å². The molecule has 5 heteroatoms. The van der Waals surface area contributed by atoms with Crippen LogP contribution in [0, 0.1) is 0 Å². The molecule has 0 aliphatic rings. The maximum Gasteiger partial charge on any atom is 0.258 e. The van der Waals surface area contributed by atoms with Crippen molar-refractivity contribution in [2.24, 2.45) is 0 Å². The van der Waals surface area contributed by atoms with Crippen molar-refractivity contribution in [2.45, 2.75) is 26.3 Å². The zero-order valence-electron chi connectivity index (χ0n) is 9.37. The van der Waals surface area contributed by atoms with E-state index >= 15 is 0 Å². The summed E-state index contributed by atoms with van der Waals surface area (Å²) in [5.74, 6) is -0.0744. The molecule has 0 saturated carbocycles. The molecule has 0 aliphatic carbocycles. The summed E-state index contributed by atoms with van der Waals surface area (Å²) < 4.78 is 4.93. The third-order valence-corrected chi connectivity index (χ3v) is 3.12. The summed E-state index contributed by atoms with van der Waals surface area (Å²) in [6, 6.07) is 1.76. The van der Waals surface area contributed by atoms with E-state index in [1.54, 1.807) is 11.0 Å². The highest BCUT2D eigenvalue weighted by molar-refractivity contribution is 9.09. The van der Waals surface area contributed by atoms with Gasteiger partial charge in [-0.3, -0.25) is 4.79 Å². The molecule has 0 bridgehead atoms. The first-order valence-corrected chi connectivity index (χ1v) is 6.67. The molecule has 3 nitrogen and oxygen atoms in total. The molecule has 0 radical (unpaired) electrons. The Balaban J connectivity index is 2.79. The summed E-state index contributed by atoms with van der Waals surface area (Å²) in [6.07, 6.45) is 2.35. The number of carbonyl (C=O) groups excluding carboxylic acids is 1. The number of furan rings is 1. The van der Waals surface area contributed by atoms with Crippen LogP contribution in [0.5, 0.6) is 0 Å². The number of amides is 1. The summed E-state index contributed by atoms with van der Waals surface area (Å²) in [4.78, 5) is 13.9. The van der Waals surface area contributed by atoms with Crippen molar-refractivity contribution in [3.8, 4) is 0 Å². The molecule has 0 spiro atoms. The van der Waals surface area contributed by atoms with E-state index in [4.69, 9.17) is 16.0 Å². The Labute approximate surface area is 109 Å². The quantitative estimate of drug-likeness (QED) is 0.779. The lowest BCUT2D eigenvalue weighted by Crippen LogP contribution is -2.37. The lowest BCUT2D eigenvalue weighted by Gasteiger charge is -2.26. The second-order valence-electron chi connectivity index (χ2n) is 3.74. The molecule has 1 rings (SSSR count). The van der Waals surface area contributed by atoms with E-state index in [-0.39, 0.29) is 17.2 Å². The van der Waals surface area contributed by atoms with Crippen LogP contribution in [0.25, 0.3) is 0 Å². The smallest absolute Gasteiger partial charge is 0.258 e. The first-order valence-electron chi connectivity index (χ1n) is 5.17. The lowest BCUT2D eigenvalue weighted by molar-refractivity contribution is 0.0706. The summed E-state index contributed by atoms with van der Waals surface area (Å²) in [7, 11) is 0. The molecule has 16 heavy (non-hydrogen) atoms. The predicted octanol–water partition coefficient (Wildman–Crippen LogP) is 3.57. The zero-order chi connectivity index (χ0) is 12.1. The number of hydrogen-bond acceptors (Lipinski definition) is 2. The molecule has 0 fully saturated rings. The van der Waals surface area contributed by atoms with Crippen molar-refractivity contribution >= 4 is 33.4 Å². The number of rotatable bonds is 5. The molecule has 0 atom stereocenters. The highest BCUT2D eigenvalue weighted by Gasteiger charge is 2.21. The molecular weight excluding hydrogens is 293 g/mol. The first kappa shape index (κ1) is 13.6. The second-order valence-corrected chi connectivity index (χ2v) is 4.88. The minimum absolute atomic E-state index is 0.0744. The Bertz CT molecular complexity index is 352. The van der Waals surface area contributed by atoms with Gasteiger partial charge in [0, 0.05) is 17.9 Å². The lowest BCUT2D eigenvalue weighted by atomic mass is 10.2. The normalized spacial score (nSPS) is 10.8. The summed E-state index contributed by atoms with van der Waals surface area (Å²) in [5.41, 5.74) is 0.435. The standard InChI is InChI=1S/C11H15BrClNO2/c1-8(2)14(6-3-5-12)11(15)9-4-7-16-10(9)13/h4,7-8H,3,5-6H2,1-2H3. The van der Waals surface area contributed by atoms with E-state index in [0.717, 1.165) is 11.8 Å². The van der Waals surface area contributed by atoms with E-state index in [1.165, 1.54) is 6.26 Å². The molecule has 1 amide bonds. The largest absolute Gasteiger partial charge is 0.452 e. The van der Waals surface area contributed by atoms with Crippen LogP contribution in [-0.2, 0) is 0 Å². The van der Waals surface area contributed by atoms with Crippen LogP contribution in [-0.4, -0.2) is 28.7 Å². The molecule has 1 heterocycles. The van der Waals surface area contributed by atoms with Crippen LogP contribution >= 0.6 is 27.5 Å². The van der Waals surface area contributed by atoms with E-state index in [0.29, 0.717) is 12.1 Å². The fourth-order valence-corrected chi connectivity index (χ4v) is 1.87. The average molecular weight is 309 g/mol. The highest BCUT2D eigenvalue weighted by Crippen LogP contribution is 2.19. The summed E-state index contributed by atoms with van der Waals surface area (Å²) >= 11 is 9.15. The number of halogens is 2. The van der Waals surface area contributed by atoms with Gasteiger partial charge in [0.05, 0.1) is 11.8 Å². The SMILES string of the molecule is CC(C)N(CCCBr)C(=O)c1ccoc1Cl. The number of alkyl halides is 1. The van der Waals surface area contributed by atoms with Crippen LogP contribution in [0.1, 0.15) is 30.6 Å². The van der Waals surface area contributed by atoms with Crippen LogP contribution < -0.4 is 0 Å². The number of carbonyl (C=O) groups is 1. The van der Waals surface area contributed by atoms with Crippen LogP contribution in [0.4, 0.5) is 0 Å². The third kappa shape index (κ3) is 3.25. The van der Waals surface area contributed by atoms with Crippen LogP contribution in [0.15, 0.2) is 16.7 Å². The molecule has 1 aromatic heterocycles. The van der Waals surface area contributed by atoms with Crippen molar-refractivity contribution in [3.05, 3.63) is 23.1 Å². The Hall–Kier alpha value is -0.480. The van der Waals surface area contributed by atoms with Crippen LogP contribution in [0.2, 0.25) is 5.22 Å². The first-order chi connectivity index (χ1) is 7.57. The molecule has 0 saturated heterocycles. The molecule has 0 aromatic carbocycles. The summed E-state index contributed by atoms with van der Waals surface area (Å²) in [6.45, 7) is 4.68. The van der Waals surface area contributed by atoms with Gasteiger partial charge < -0.3 is 9.32 Å². The second kappa shape index (κ2) is 6.30. The molecule has 1 aromatic rings. The van der Waals surface area contributed by atoms with E-state index in [9.17, 15) is 4.79 Å². The topological polar surface area (TPSA) is 33.5 Å². The van der Waals surface area contributed by atoms with Gasteiger partial charge in [0.2, 0.25) is 5.22 Å². The fraction of sp³-hybridized carbons (Fsp3) is 0.545. The van der Waals surface area contributed by atoms with Crippen molar-refractivity contribution < 1.29 is 9.21 Å². The van der Waals surface area contributed by atoms with E-state index < -0.39 is 0 Å². The Kier molecular flexibility index (Phi) is 5.35. The van der Waals surface area contributed by atoms with Gasteiger partial charge in [0.15, 0.2) is 0 Å². The monoisotopic (exact) mass is 307 g/mol. The highest BCUT2D eigenvalue weighted by atomic mass is 79.9. The van der Waals surface area contributed by atoms with Crippen molar-refractivity contribution in [1.82, 2.24) is 4.90 Å². The minimum atomic E-state index is -0.0744. The maximum atomic E-state index is 12.1. The van der Waals surface area contributed by atoms with E-state index in [2.05, 4.69) is 15.9 Å². The van der Waals surface area contributed by atoms with Gasteiger partial charge in [-0.2, -0.15) is 0 Å². The Morgan fingerprint density at radius 3 is 2.75 bits per heavy atom. The molecular formula is C11H15BrClNO2. The predicted molar refractivity (Wildman–Crippen MR) is 68.3 cm³/mol. The van der Waals surface area contributed by atoms with Gasteiger partial charge in [0.25, 0.3) is 5.91 Å². The number of nitrogens with zero attached hydrogens (tertiary/aromatic N) is 1. The van der Waals surface area contributed by atoms with Crippen molar-refractivity contribution in [2.75, 3.05) is 11.9 Å². The molecule has 0 N–H and O–H groups in total. The maximum absolute atomic E-state index is 12.1. The third-order valence-electron chi connectivity index (χ3n) is 2.27. The van der Waals surface area contributed by atoms with Gasteiger partial charge in [-0.05, 0) is 37.9 Å². The van der Waals surface area contributed by atoms with Crippen molar-refractivity contribution in [1.29, 1.82) is 0 Å². The van der Waals surface area contributed by atoms with Crippen LogP contribution in [0.3, 0.4) is 0 Å². The number of hydrogen-bond donors (Lipinski definition) is 0.